The van der Waals surface area contributed by atoms with Crippen LogP contribution in [-0.4, -0.2) is 30.4 Å². The number of carbonyl (C=O) groups excluding carboxylic acids is 3. The Morgan fingerprint density at radius 3 is 1.97 bits per heavy atom. The lowest BCUT2D eigenvalue weighted by atomic mass is 10.0. The van der Waals surface area contributed by atoms with Gasteiger partial charge in [-0.3, -0.25) is 14.5 Å². The average molecular weight is 461 g/mol. The van der Waals surface area contributed by atoms with Crippen LogP contribution in [0.15, 0.2) is 88.7 Å². The van der Waals surface area contributed by atoms with E-state index < -0.39 is 18.6 Å². The highest BCUT2D eigenvalue weighted by Gasteiger charge is 2.31. The van der Waals surface area contributed by atoms with Gasteiger partial charge in [-0.1, -0.05) is 68.1 Å². The van der Waals surface area contributed by atoms with Crippen molar-refractivity contribution in [2.24, 2.45) is 5.92 Å². The van der Waals surface area contributed by atoms with Crippen LogP contribution in [0.2, 0.25) is 0 Å². The predicted octanol–water partition coefficient (Wildman–Crippen LogP) is 4.81. The number of fused-ring (bicyclic) bond motifs is 2. The molecule has 1 atom stereocenters. The molecule has 6 nitrogen and oxygen atoms in total. The molecule has 1 aliphatic heterocycles. The van der Waals surface area contributed by atoms with Gasteiger partial charge in [-0.2, -0.15) is 0 Å². The van der Waals surface area contributed by atoms with Crippen LogP contribution in [0.5, 0.6) is 0 Å². The van der Waals surface area contributed by atoms with Crippen LogP contribution in [0.3, 0.4) is 0 Å². The summed E-state index contributed by atoms with van der Waals surface area (Å²) in [5.41, 5.74) is 1.95. The lowest BCUT2D eigenvalue weighted by Crippen LogP contribution is -2.46. The van der Waals surface area contributed by atoms with Crippen molar-refractivity contribution in [1.29, 1.82) is 0 Å². The van der Waals surface area contributed by atoms with Gasteiger partial charge in [0.2, 0.25) is 0 Å². The molecule has 1 aliphatic rings. The number of ether oxygens (including phenoxy) is 1. The van der Waals surface area contributed by atoms with Crippen LogP contribution in [0, 0.1) is 5.92 Å². The molecule has 0 radical (unpaired) electrons. The molecule has 0 fully saturated rings. The van der Waals surface area contributed by atoms with E-state index in [1.165, 1.54) is 0 Å². The Morgan fingerprint density at radius 1 is 0.848 bits per heavy atom. The van der Waals surface area contributed by atoms with E-state index in [9.17, 15) is 14.4 Å². The lowest BCUT2D eigenvalue weighted by molar-refractivity contribution is -0.150. The van der Waals surface area contributed by atoms with Gasteiger partial charge < -0.3 is 10.1 Å². The van der Waals surface area contributed by atoms with Crippen LogP contribution < -0.4 is 10.2 Å². The summed E-state index contributed by atoms with van der Waals surface area (Å²) >= 11 is 1.59. The van der Waals surface area contributed by atoms with Gasteiger partial charge in [-0.15, -0.1) is 0 Å². The maximum atomic E-state index is 13.2. The number of para-hydroxylation sites is 2. The van der Waals surface area contributed by atoms with Crippen molar-refractivity contribution >= 4 is 40.9 Å². The van der Waals surface area contributed by atoms with Gasteiger partial charge in [0, 0.05) is 15.4 Å². The topological polar surface area (TPSA) is 75.7 Å². The largest absolute Gasteiger partial charge is 0.454 e. The number of hydrogen-bond donors (Lipinski definition) is 1. The van der Waals surface area contributed by atoms with Gasteiger partial charge in [-0.25, -0.2) is 4.79 Å². The van der Waals surface area contributed by atoms with Crippen LogP contribution in [0.1, 0.15) is 24.2 Å². The van der Waals surface area contributed by atoms with Crippen molar-refractivity contribution in [3.05, 3.63) is 84.4 Å². The van der Waals surface area contributed by atoms with E-state index in [4.69, 9.17) is 4.74 Å². The van der Waals surface area contributed by atoms with Crippen LogP contribution in [0.25, 0.3) is 0 Å². The third-order valence-electron chi connectivity index (χ3n) is 5.26. The van der Waals surface area contributed by atoms with Crippen molar-refractivity contribution in [2.75, 3.05) is 11.5 Å². The summed E-state index contributed by atoms with van der Waals surface area (Å²) in [4.78, 5) is 42.0. The van der Waals surface area contributed by atoms with E-state index in [1.54, 1.807) is 40.9 Å². The molecule has 4 rings (SSSR count). The Balaban J connectivity index is 1.48. The van der Waals surface area contributed by atoms with E-state index in [0.29, 0.717) is 5.56 Å². The number of benzene rings is 3. The van der Waals surface area contributed by atoms with Gasteiger partial charge in [0.05, 0.1) is 11.4 Å². The number of nitrogens with zero attached hydrogens (tertiary/aromatic N) is 1. The molecule has 2 amide bonds. The Hall–Kier alpha value is -3.58. The monoisotopic (exact) mass is 460 g/mol. The summed E-state index contributed by atoms with van der Waals surface area (Å²) in [7, 11) is 0. The molecule has 3 aromatic carbocycles. The molecule has 33 heavy (non-hydrogen) atoms. The first-order valence-corrected chi connectivity index (χ1v) is 11.5. The fraction of sp³-hybridized carbons (Fsp3) is 0.192. The molecule has 0 bridgehead atoms. The summed E-state index contributed by atoms with van der Waals surface area (Å²) < 4.78 is 5.40. The van der Waals surface area contributed by atoms with Gasteiger partial charge >= 0.3 is 5.97 Å². The SMILES string of the molecule is CC(C)[C@H](NC(=O)c1ccccc1)C(=O)OCC(=O)N1c2ccccc2Sc2ccccc21. The fourth-order valence-electron chi connectivity index (χ4n) is 3.57. The highest BCUT2D eigenvalue weighted by atomic mass is 32.2. The molecule has 0 unspecified atom stereocenters. The first kappa shape index (κ1) is 22.6. The minimum Gasteiger partial charge on any atom is -0.454 e. The predicted molar refractivity (Wildman–Crippen MR) is 128 cm³/mol. The maximum absolute atomic E-state index is 13.2. The quantitative estimate of drug-likeness (QED) is 0.534. The Labute approximate surface area is 196 Å². The normalized spacial score (nSPS) is 13.0. The van der Waals surface area contributed by atoms with E-state index in [-0.39, 0.29) is 17.7 Å². The molecule has 3 aromatic rings. The van der Waals surface area contributed by atoms with Crippen molar-refractivity contribution in [1.82, 2.24) is 5.32 Å². The Kier molecular flexibility index (Phi) is 6.79. The molecule has 168 valence electrons. The Morgan fingerprint density at radius 2 is 1.39 bits per heavy atom. The van der Waals surface area contributed by atoms with Crippen molar-refractivity contribution in [3.63, 3.8) is 0 Å². The first-order valence-electron chi connectivity index (χ1n) is 10.7. The van der Waals surface area contributed by atoms with Crippen LogP contribution in [0.4, 0.5) is 11.4 Å². The zero-order chi connectivity index (χ0) is 23.4. The molecule has 7 heteroatoms. The standard InChI is InChI=1S/C26H24N2O4S/c1-17(2)24(27-25(30)18-10-4-3-5-11-18)26(31)32-16-23(29)28-19-12-6-8-14-21(19)33-22-15-9-7-13-20(22)28/h3-15,17,24H,16H2,1-2H3,(H,27,30)/t24-/m0/s1. The van der Waals surface area contributed by atoms with Crippen molar-refractivity contribution < 1.29 is 19.1 Å². The molecule has 0 saturated heterocycles. The highest BCUT2D eigenvalue weighted by Crippen LogP contribution is 2.47. The molecular formula is C26H24N2O4S. The number of rotatable bonds is 6. The third kappa shape index (κ3) is 4.93. The molecule has 1 N–H and O–H groups in total. The molecule has 1 heterocycles. The molecule has 0 aromatic heterocycles. The van der Waals surface area contributed by atoms with Gasteiger partial charge in [0.15, 0.2) is 6.61 Å². The highest BCUT2D eigenvalue weighted by molar-refractivity contribution is 7.99. The summed E-state index contributed by atoms with van der Waals surface area (Å²) in [6.07, 6.45) is 0. The molecular weight excluding hydrogens is 436 g/mol. The summed E-state index contributed by atoms with van der Waals surface area (Å²) in [5, 5.41) is 2.73. The van der Waals surface area contributed by atoms with E-state index >= 15 is 0 Å². The van der Waals surface area contributed by atoms with Gasteiger partial charge in [-0.05, 0) is 42.3 Å². The second kappa shape index (κ2) is 9.92. The maximum Gasteiger partial charge on any atom is 0.329 e. The van der Waals surface area contributed by atoms with Crippen molar-refractivity contribution in [3.8, 4) is 0 Å². The second-order valence-corrected chi connectivity index (χ2v) is 9.02. The Bertz CT molecular complexity index is 1130. The third-order valence-corrected chi connectivity index (χ3v) is 6.39. The van der Waals surface area contributed by atoms with E-state index in [1.807, 2.05) is 68.4 Å². The molecule has 0 saturated carbocycles. The number of carbonyl (C=O) groups is 3. The van der Waals surface area contributed by atoms with Gasteiger partial charge in [0.1, 0.15) is 6.04 Å². The number of anilines is 2. The lowest BCUT2D eigenvalue weighted by Gasteiger charge is -2.31. The zero-order valence-electron chi connectivity index (χ0n) is 18.4. The zero-order valence-corrected chi connectivity index (χ0v) is 19.2. The summed E-state index contributed by atoms with van der Waals surface area (Å²) in [6.45, 7) is 3.19. The fourth-order valence-corrected chi connectivity index (χ4v) is 4.63. The van der Waals surface area contributed by atoms with Crippen molar-refractivity contribution in [2.45, 2.75) is 29.7 Å². The molecule has 0 spiro atoms. The van der Waals surface area contributed by atoms with Crippen LogP contribution >= 0.6 is 11.8 Å². The first-order chi connectivity index (χ1) is 16.0. The minimum atomic E-state index is -0.873. The number of hydrogen-bond acceptors (Lipinski definition) is 5. The average Bonchev–Trinajstić information content (AvgIpc) is 2.84. The van der Waals surface area contributed by atoms with Gasteiger partial charge in [0.25, 0.3) is 11.8 Å². The van der Waals surface area contributed by atoms with Crippen LogP contribution in [-0.2, 0) is 14.3 Å². The number of esters is 1. The second-order valence-electron chi connectivity index (χ2n) is 7.94. The van der Waals surface area contributed by atoms with E-state index in [0.717, 1.165) is 21.2 Å². The number of nitrogens with one attached hydrogen (secondary N) is 1. The number of amides is 2. The summed E-state index contributed by atoms with van der Waals surface area (Å²) in [6, 6.07) is 23.0. The minimum absolute atomic E-state index is 0.215. The van der Waals surface area contributed by atoms with E-state index in [2.05, 4.69) is 5.32 Å². The summed E-state index contributed by atoms with van der Waals surface area (Å²) in [5.74, 6) is -1.59. The smallest absolute Gasteiger partial charge is 0.329 e. The molecule has 0 aliphatic carbocycles.